The summed E-state index contributed by atoms with van der Waals surface area (Å²) in [5.41, 5.74) is 1.13. The van der Waals surface area contributed by atoms with Gasteiger partial charge in [-0.3, -0.25) is 9.58 Å². The number of likely N-dealkylation sites (N-methyl/N-ethyl adjacent to an activating group) is 1. The third-order valence-corrected chi connectivity index (χ3v) is 7.59. The Hall–Kier alpha value is -1.97. The van der Waals surface area contributed by atoms with Crippen molar-refractivity contribution in [1.29, 1.82) is 0 Å². The Morgan fingerprint density at radius 1 is 1.22 bits per heavy atom. The molecular weight excluding hydrogens is 364 g/mol. The Balaban J connectivity index is 1.73. The average molecular weight is 391 g/mol. The molecule has 2 aliphatic heterocycles. The van der Waals surface area contributed by atoms with E-state index in [1.165, 1.54) is 0 Å². The highest BCUT2D eigenvalue weighted by atomic mass is 32.2. The molecule has 2 unspecified atom stereocenters. The summed E-state index contributed by atoms with van der Waals surface area (Å²) < 4.78 is 30.4. The molecule has 27 heavy (non-hydrogen) atoms. The minimum atomic E-state index is -3.61. The number of pyridine rings is 1. The Morgan fingerprint density at radius 3 is 2.63 bits per heavy atom. The number of aromatic nitrogens is 3. The second-order valence-electron chi connectivity index (χ2n) is 7.72. The van der Waals surface area contributed by atoms with Crippen LogP contribution in [0.3, 0.4) is 0 Å². The number of nitrogens with zero attached hydrogens (tertiary/aromatic N) is 6. The van der Waals surface area contributed by atoms with Gasteiger partial charge < -0.3 is 4.90 Å². The molecule has 1 saturated heterocycles. The van der Waals surface area contributed by atoms with Crippen molar-refractivity contribution in [1.82, 2.24) is 24.0 Å². The van der Waals surface area contributed by atoms with Gasteiger partial charge >= 0.3 is 0 Å². The SMILES string of the molecule is CC(C)N1C2CN(Cc3cnn(C)c3)CC2N(C)c2ncccc2S1(=O)=O. The summed E-state index contributed by atoms with van der Waals surface area (Å²) in [6.45, 7) is 6.12. The molecule has 2 atom stereocenters. The zero-order chi connectivity index (χ0) is 19.3. The first-order valence-corrected chi connectivity index (χ1v) is 10.6. The first-order chi connectivity index (χ1) is 12.8. The highest BCUT2D eigenvalue weighted by molar-refractivity contribution is 7.89. The maximum atomic E-state index is 13.4. The van der Waals surface area contributed by atoms with Crippen LogP contribution in [0.25, 0.3) is 0 Å². The number of aryl methyl sites for hydroxylation is 1. The molecule has 2 aliphatic rings. The molecule has 2 aromatic rings. The molecule has 4 rings (SSSR count). The minimum Gasteiger partial charge on any atom is -0.353 e. The van der Waals surface area contributed by atoms with E-state index in [9.17, 15) is 8.42 Å². The summed E-state index contributed by atoms with van der Waals surface area (Å²) in [7, 11) is 0.247. The van der Waals surface area contributed by atoms with Crippen LogP contribution < -0.4 is 4.90 Å². The van der Waals surface area contributed by atoms with Gasteiger partial charge in [-0.1, -0.05) is 0 Å². The van der Waals surface area contributed by atoms with Crippen molar-refractivity contribution in [2.45, 2.75) is 43.4 Å². The molecule has 146 valence electrons. The Bertz CT molecular complexity index is 941. The van der Waals surface area contributed by atoms with E-state index in [1.807, 2.05) is 45.2 Å². The van der Waals surface area contributed by atoms with Crippen LogP contribution in [-0.4, -0.2) is 70.7 Å². The molecule has 0 aromatic carbocycles. The van der Waals surface area contributed by atoms with Gasteiger partial charge in [0.25, 0.3) is 0 Å². The number of hydrogen-bond acceptors (Lipinski definition) is 6. The molecule has 2 aromatic heterocycles. The number of likely N-dealkylation sites (tertiary alicyclic amines) is 1. The molecule has 0 aliphatic carbocycles. The summed E-state index contributed by atoms with van der Waals surface area (Å²) in [4.78, 5) is 9.06. The normalized spacial score (nSPS) is 25.4. The fraction of sp³-hybridized carbons (Fsp3) is 0.556. The summed E-state index contributed by atoms with van der Waals surface area (Å²) in [5, 5.41) is 4.24. The van der Waals surface area contributed by atoms with Crippen LogP contribution in [0.1, 0.15) is 19.4 Å². The molecular formula is C18H26N6O2S. The molecule has 9 heteroatoms. The standard InChI is InChI=1S/C18H26N6O2S/c1-13(2)24-16-12-23(10-14-8-20-21(3)9-14)11-15(16)22(4)18-17(27(24,25)26)6-5-7-19-18/h5-9,13,15-16H,10-12H2,1-4H3. The summed E-state index contributed by atoms with van der Waals surface area (Å²) in [6.07, 6.45) is 5.53. The zero-order valence-electron chi connectivity index (χ0n) is 16.1. The van der Waals surface area contributed by atoms with Crippen LogP contribution in [0.2, 0.25) is 0 Å². The first-order valence-electron chi connectivity index (χ1n) is 9.20. The molecule has 4 heterocycles. The topological polar surface area (TPSA) is 74.6 Å². The maximum absolute atomic E-state index is 13.4. The van der Waals surface area contributed by atoms with E-state index in [0.717, 1.165) is 18.7 Å². The largest absolute Gasteiger partial charge is 0.353 e. The number of rotatable bonds is 3. The van der Waals surface area contributed by atoms with Crippen molar-refractivity contribution in [3.8, 4) is 0 Å². The van der Waals surface area contributed by atoms with Crippen LogP contribution in [-0.2, 0) is 23.6 Å². The van der Waals surface area contributed by atoms with E-state index in [-0.39, 0.29) is 18.1 Å². The summed E-state index contributed by atoms with van der Waals surface area (Å²) in [6, 6.07) is 3.16. The van der Waals surface area contributed by atoms with Crippen LogP contribution >= 0.6 is 0 Å². The fourth-order valence-electron chi connectivity index (χ4n) is 4.38. The predicted octanol–water partition coefficient (Wildman–Crippen LogP) is 0.917. The maximum Gasteiger partial charge on any atom is 0.247 e. The second-order valence-corrected chi connectivity index (χ2v) is 9.53. The molecule has 1 fully saturated rings. The van der Waals surface area contributed by atoms with E-state index in [0.29, 0.717) is 17.3 Å². The van der Waals surface area contributed by atoms with Crippen LogP contribution in [0.5, 0.6) is 0 Å². The second kappa shape index (κ2) is 6.57. The average Bonchev–Trinajstić information content (AvgIpc) is 3.18. The quantitative estimate of drug-likeness (QED) is 0.776. The van der Waals surface area contributed by atoms with Crippen molar-refractivity contribution in [3.63, 3.8) is 0 Å². The van der Waals surface area contributed by atoms with Gasteiger partial charge in [0, 0.05) is 57.7 Å². The Morgan fingerprint density at radius 2 is 1.96 bits per heavy atom. The summed E-state index contributed by atoms with van der Waals surface area (Å²) >= 11 is 0. The third-order valence-electron chi connectivity index (χ3n) is 5.47. The number of anilines is 1. The number of hydrogen-bond donors (Lipinski definition) is 0. The summed E-state index contributed by atoms with van der Waals surface area (Å²) in [5.74, 6) is 0.541. The molecule has 0 amide bonds. The van der Waals surface area contributed by atoms with Crippen molar-refractivity contribution in [2.75, 3.05) is 25.0 Å². The molecule has 0 spiro atoms. The highest BCUT2D eigenvalue weighted by Crippen LogP contribution is 2.37. The van der Waals surface area contributed by atoms with Gasteiger partial charge in [0.15, 0.2) is 0 Å². The predicted molar refractivity (Wildman–Crippen MR) is 103 cm³/mol. The third kappa shape index (κ3) is 3.03. The van der Waals surface area contributed by atoms with Crippen molar-refractivity contribution < 1.29 is 8.42 Å². The number of fused-ring (bicyclic) bond motifs is 2. The molecule has 8 nitrogen and oxygen atoms in total. The lowest BCUT2D eigenvalue weighted by molar-refractivity contribution is 0.249. The smallest absolute Gasteiger partial charge is 0.247 e. The van der Waals surface area contributed by atoms with Gasteiger partial charge in [-0.2, -0.15) is 9.40 Å². The van der Waals surface area contributed by atoms with E-state index < -0.39 is 10.0 Å². The lowest BCUT2D eigenvalue weighted by atomic mass is 10.1. The van der Waals surface area contributed by atoms with E-state index in [2.05, 4.69) is 15.0 Å². The van der Waals surface area contributed by atoms with Crippen molar-refractivity contribution >= 4 is 15.8 Å². The lowest BCUT2D eigenvalue weighted by Crippen LogP contribution is -2.52. The van der Waals surface area contributed by atoms with E-state index in [1.54, 1.807) is 27.3 Å². The molecule has 0 saturated carbocycles. The van der Waals surface area contributed by atoms with Crippen LogP contribution in [0.4, 0.5) is 5.82 Å². The lowest BCUT2D eigenvalue weighted by Gasteiger charge is -2.34. The fourth-order valence-corrected chi connectivity index (χ4v) is 6.40. The van der Waals surface area contributed by atoms with Crippen LogP contribution in [0, 0.1) is 0 Å². The van der Waals surface area contributed by atoms with Crippen LogP contribution in [0.15, 0.2) is 35.6 Å². The Labute approximate surface area is 160 Å². The Kier molecular flexibility index (Phi) is 4.48. The first kappa shape index (κ1) is 18.4. The number of sulfonamides is 1. The molecule has 0 bridgehead atoms. The molecule has 0 radical (unpaired) electrons. The van der Waals surface area contributed by atoms with Gasteiger partial charge in [-0.15, -0.1) is 0 Å². The van der Waals surface area contributed by atoms with Crippen molar-refractivity contribution in [3.05, 3.63) is 36.3 Å². The van der Waals surface area contributed by atoms with Gasteiger partial charge in [-0.05, 0) is 26.0 Å². The highest BCUT2D eigenvalue weighted by Gasteiger charge is 2.49. The van der Waals surface area contributed by atoms with E-state index in [4.69, 9.17) is 0 Å². The van der Waals surface area contributed by atoms with Gasteiger partial charge in [0.05, 0.1) is 18.3 Å². The van der Waals surface area contributed by atoms with Gasteiger partial charge in [0.1, 0.15) is 10.7 Å². The minimum absolute atomic E-state index is 0.0509. The van der Waals surface area contributed by atoms with Gasteiger partial charge in [0.2, 0.25) is 10.0 Å². The van der Waals surface area contributed by atoms with E-state index >= 15 is 0 Å². The molecule has 0 N–H and O–H groups in total. The monoisotopic (exact) mass is 390 g/mol. The zero-order valence-corrected chi connectivity index (χ0v) is 17.0. The van der Waals surface area contributed by atoms with Gasteiger partial charge in [-0.25, -0.2) is 13.4 Å². The van der Waals surface area contributed by atoms with Crippen molar-refractivity contribution in [2.24, 2.45) is 7.05 Å².